The van der Waals surface area contributed by atoms with Crippen LogP contribution in [0.15, 0.2) is 54.6 Å². The van der Waals surface area contributed by atoms with Gasteiger partial charge in [-0.05, 0) is 36.4 Å². The van der Waals surface area contributed by atoms with E-state index in [1.807, 2.05) is 0 Å². The SMILES string of the molecule is O=C(NCc1c(F)cccc1F)c1cccc2[nH]c(-c3c(F)cccc3F)nc12. The largest absolute Gasteiger partial charge is 0.348 e. The summed E-state index contributed by atoms with van der Waals surface area (Å²) in [6, 6.07) is 11.4. The van der Waals surface area contributed by atoms with E-state index in [0.29, 0.717) is 5.52 Å². The number of nitrogens with one attached hydrogen (secondary N) is 2. The Kier molecular flexibility index (Phi) is 4.75. The van der Waals surface area contributed by atoms with Crippen LogP contribution >= 0.6 is 0 Å². The number of para-hydroxylation sites is 1. The molecule has 0 spiro atoms. The van der Waals surface area contributed by atoms with Gasteiger partial charge in [0.25, 0.3) is 5.91 Å². The fourth-order valence-corrected chi connectivity index (χ4v) is 3.02. The molecule has 4 aromatic rings. The molecule has 146 valence electrons. The molecular weight excluding hydrogens is 386 g/mol. The van der Waals surface area contributed by atoms with E-state index in [-0.39, 0.29) is 34.6 Å². The van der Waals surface area contributed by atoms with Crippen molar-refractivity contribution in [2.75, 3.05) is 0 Å². The second-order valence-electron chi connectivity index (χ2n) is 6.27. The number of aromatic nitrogens is 2. The molecule has 29 heavy (non-hydrogen) atoms. The van der Waals surface area contributed by atoms with Crippen LogP contribution in [0.5, 0.6) is 0 Å². The lowest BCUT2D eigenvalue weighted by Gasteiger charge is -2.07. The number of rotatable bonds is 4. The van der Waals surface area contributed by atoms with Gasteiger partial charge in [-0.1, -0.05) is 18.2 Å². The second-order valence-corrected chi connectivity index (χ2v) is 6.27. The lowest BCUT2D eigenvalue weighted by Crippen LogP contribution is -2.24. The molecule has 1 amide bonds. The zero-order valence-electron chi connectivity index (χ0n) is 14.8. The number of fused-ring (bicyclic) bond motifs is 1. The maximum atomic E-state index is 14.1. The Hall–Kier alpha value is -3.68. The number of amides is 1. The van der Waals surface area contributed by atoms with Crippen LogP contribution in [0.4, 0.5) is 17.6 Å². The Morgan fingerprint density at radius 2 is 1.45 bits per heavy atom. The number of H-pyrrole nitrogens is 1. The third kappa shape index (κ3) is 3.44. The predicted octanol–water partition coefficient (Wildman–Crippen LogP) is 4.72. The number of nitrogens with zero attached hydrogens (tertiary/aromatic N) is 1. The Morgan fingerprint density at radius 3 is 2.10 bits per heavy atom. The average molecular weight is 399 g/mol. The molecule has 1 aromatic heterocycles. The molecule has 1 heterocycles. The van der Waals surface area contributed by atoms with Gasteiger partial charge >= 0.3 is 0 Å². The normalized spacial score (nSPS) is 11.0. The Morgan fingerprint density at radius 1 is 0.862 bits per heavy atom. The number of hydrogen-bond donors (Lipinski definition) is 2. The number of hydrogen-bond acceptors (Lipinski definition) is 2. The summed E-state index contributed by atoms with van der Waals surface area (Å²) in [5, 5.41) is 2.44. The lowest BCUT2D eigenvalue weighted by molar-refractivity contribution is 0.0951. The van der Waals surface area contributed by atoms with E-state index in [9.17, 15) is 22.4 Å². The van der Waals surface area contributed by atoms with E-state index in [0.717, 1.165) is 24.3 Å². The van der Waals surface area contributed by atoms with Crippen molar-refractivity contribution in [2.45, 2.75) is 6.54 Å². The van der Waals surface area contributed by atoms with Gasteiger partial charge in [0.05, 0.1) is 16.6 Å². The van der Waals surface area contributed by atoms with E-state index in [1.54, 1.807) is 12.1 Å². The fourth-order valence-electron chi connectivity index (χ4n) is 3.02. The summed E-state index contributed by atoms with van der Waals surface area (Å²) < 4.78 is 55.6. The highest BCUT2D eigenvalue weighted by molar-refractivity contribution is 6.05. The van der Waals surface area contributed by atoms with Crippen molar-refractivity contribution in [1.82, 2.24) is 15.3 Å². The van der Waals surface area contributed by atoms with E-state index >= 15 is 0 Å². The van der Waals surface area contributed by atoms with E-state index in [2.05, 4.69) is 15.3 Å². The third-order valence-electron chi connectivity index (χ3n) is 4.44. The van der Waals surface area contributed by atoms with Crippen LogP contribution in [0.1, 0.15) is 15.9 Å². The van der Waals surface area contributed by atoms with Crippen LogP contribution in [0.3, 0.4) is 0 Å². The molecule has 3 aromatic carbocycles. The Bertz CT molecular complexity index is 1200. The maximum Gasteiger partial charge on any atom is 0.253 e. The Balaban J connectivity index is 1.68. The summed E-state index contributed by atoms with van der Waals surface area (Å²) in [6.07, 6.45) is 0. The molecule has 4 nitrogen and oxygen atoms in total. The lowest BCUT2D eigenvalue weighted by atomic mass is 10.1. The number of benzene rings is 3. The second kappa shape index (κ2) is 7.38. The van der Waals surface area contributed by atoms with E-state index in [1.165, 1.54) is 18.2 Å². The summed E-state index contributed by atoms with van der Waals surface area (Å²) in [4.78, 5) is 19.5. The first-order chi connectivity index (χ1) is 14.0. The summed E-state index contributed by atoms with van der Waals surface area (Å²) >= 11 is 0. The molecule has 0 saturated heterocycles. The quantitative estimate of drug-likeness (QED) is 0.488. The Labute approximate surface area is 162 Å². The van der Waals surface area contributed by atoms with Gasteiger partial charge in [0, 0.05) is 12.1 Å². The molecule has 0 atom stereocenters. The molecule has 0 aliphatic heterocycles. The van der Waals surface area contributed by atoms with Crippen molar-refractivity contribution >= 4 is 16.9 Å². The number of carbonyl (C=O) groups excluding carboxylic acids is 1. The average Bonchev–Trinajstić information content (AvgIpc) is 3.11. The van der Waals surface area contributed by atoms with Crippen molar-refractivity contribution in [2.24, 2.45) is 0 Å². The van der Waals surface area contributed by atoms with Gasteiger partial charge < -0.3 is 10.3 Å². The molecule has 2 N–H and O–H groups in total. The van der Waals surface area contributed by atoms with Crippen LogP contribution in [0, 0.1) is 23.3 Å². The summed E-state index contributed by atoms with van der Waals surface area (Å²) in [6.45, 7) is -0.368. The molecule has 0 radical (unpaired) electrons. The van der Waals surface area contributed by atoms with Crippen LogP contribution in [-0.4, -0.2) is 15.9 Å². The van der Waals surface area contributed by atoms with Crippen molar-refractivity contribution in [3.05, 3.63) is 89.0 Å². The molecule has 0 unspecified atom stereocenters. The molecular formula is C21H13F4N3O. The molecule has 4 rings (SSSR count). The minimum Gasteiger partial charge on any atom is -0.348 e. The van der Waals surface area contributed by atoms with E-state index < -0.39 is 29.2 Å². The number of aromatic amines is 1. The fraction of sp³-hybridized carbons (Fsp3) is 0.0476. The van der Waals surface area contributed by atoms with Gasteiger partial charge in [-0.15, -0.1) is 0 Å². The van der Waals surface area contributed by atoms with Gasteiger partial charge in [0.1, 0.15) is 34.6 Å². The first kappa shape index (κ1) is 18.7. The van der Waals surface area contributed by atoms with Crippen LogP contribution in [0.2, 0.25) is 0 Å². The highest BCUT2D eigenvalue weighted by atomic mass is 19.1. The molecule has 0 fully saturated rings. The molecule has 0 bridgehead atoms. The number of imidazole rings is 1. The smallest absolute Gasteiger partial charge is 0.253 e. The third-order valence-corrected chi connectivity index (χ3v) is 4.44. The van der Waals surface area contributed by atoms with Gasteiger partial charge in [-0.2, -0.15) is 0 Å². The molecule has 0 aliphatic carbocycles. The van der Waals surface area contributed by atoms with Crippen molar-refractivity contribution in [1.29, 1.82) is 0 Å². The highest BCUT2D eigenvalue weighted by Crippen LogP contribution is 2.27. The van der Waals surface area contributed by atoms with Crippen molar-refractivity contribution < 1.29 is 22.4 Å². The van der Waals surface area contributed by atoms with Gasteiger partial charge in [0.15, 0.2) is 0 Å². The molecule has 0 saturated carbocycles. The predicted molar refractivity (Wildman–Crippen MR) is 99.0 cm³/mol. The molecule has 0 aliphatic rings. The van der Waals surface area contributed by atoms with Crippen LogP contribution in [-0.2, 0) is 6.54 Å². The minimum atomic E-state index is -0.801. The number of halogens is 4. The monoisotopic (exact) mass is 399 g/mol. The minimum absolute atomic E-state index is 0.0731. The summed E-state index contributed by atoms with van der Waals surface area (Å²) in [5.74, 6) is -3.86. The first-order valence-electron chi connectivity index (χ1n) is 8.60. The van der Waals surface area contributed by atoms with Crippen LogP contribution in [0.25, 0.3) is 22.4 Å². The van der Waals surface area contributed by atoms with Crippen molar-refractivity contribution in [3.63, 3.8) is 0 Å². The number of carbonyl (C=O) groups is 1. The van der Waals surface area contributed by atoms with Gasteiger partial charge in [-0.25, -0.2) is 22.5 Å². The molecule has 8 heteroatoms. The van der Waals surface area contributed by atoms with E-state index in [4.69, 9.17) is 0 Å². The van der Waals surface area contributed by atoms with Gasteiger partial charge in [-0.3, -0.25) is 4.79 Å². The van der Waals surface area contributed by atoms with Crippen molar-refractivity contribution in [3.8, 4) is 11.4 Å². The summed E-state index contributed by atoms with van der Waals surface area (Å²) in [7, 11) is 0. The first-order valence-corrected chi connectivity index (χ1v) is 8.60. The van der Waals surface area contributed by atoms with Gasteiger partial charge in [0.2, 0.25) is 0 Å². The van der Waals surface area contributed by atoms with Crippen LogP contribution < -0.4 is 5.32 Å². The standard InChI is InChI=1S/C21H13F4N3O/c22-13-5-2-6-14(23)12(13)10-26-21(29)11-4-1-9-17-19(11)28-20(27-17)18-15(24)7-3-8-16(18)25/h1-9H,10H2,(H,26,29)(H,27,28). The topological polar surface area (TPSA) is 57.8 Å². The zero-order valence-corrected chi connectivity index (χ0v) is 14.8. The summed E-state index contributed by atoms with van der Waals surface area (Å²) in [5.41, 5.74) is 0.0372. The zero-order chi connectivity index (χ0) is 20.5. The highest BCUT2D eigenvalue weighted by Gasteiger charge is 2.19. The maximum absolute atomic E-state index is 14.1.